The molecular formula is C13H9Cl2NO2. The first-order chi connectivity index (χ1) is 8.56. The molecule has 1 aromatic carbocycles. The molecule has 1 aromatic heterocycles. The zero-order valence-corrected chi connectivity index (χ0v) is 11.0. The van der Waals surface area contributed by atoms with Gasteiger partial charge in [0.05, 0.1) is 10.6 Å². The summed E-state index contributed by atoms with van der Waals surface area (Å²) in [6, 6.07) is 8.28. The molecule has 0 N–H and O–H groups in total. The van der Waals surface area contributed by atoms with Crippen LogP contribution in [0.1, 0.15) is 15.9 Å². The first-order valence-electron chi connectivity index (χ1n) is 5.16. The summed E-state index contributed by atoms with van der Waals surface area (Å²) in [5.74, 6) is -0.191. The number of ether oxygens (including phenoxy) is 1. The molecule has 0 atom stereocenters. The first-order valence-corrected chi connectivity index (χ1v) is 5.92. The van der Waals surface area contributed by atoms with E-state index in [1.165, 1.54) is 12.3 Å². The SMILES string of the molecule is Cc1ccc(Cl)c(OC(=O)c2ccc(Cl)nc2)c1. The van der Waals surface area contributed by atoms with Crippen molar-refractivity contribution in [1.82, 2.24) is 4.98 Å². The molecule has 1 heterocycles. The molecule has 18 heavy (non-hydrogen) atoms. The average molecular weight is 282 g/mol. The Morgan fingerprint density at radius 3 is 2.67 bits per heavy atom. The van der Waals surface area contributed by atoms with E-state index in [0.29, 0.717) is 21.5 Å². The first kappa shape index (κ1) is 12.9. The maximum atomic E-state index is 11.8. The Hall–Kier alpha value is -1.58. The fraction of sp³-hybridized carbons (Fsp3) is 0.0769. The van der Waals surface area contributed by atoms with Gasteiger partial charge in [0.25, 0.3) is 0 Å². The van der Waals surface area contributed by atoms with Crippen LogP contribution in [0.2, 0.25) is 10.2 Å². The summed E-state index contributed by atoms with van der Waals surface area (Å²) >= 11 is 11.6. The van der Waals surface area contributed by atoms with Crippen LogP contribution in [0.5, 0.6) is 5.75 Å². The molecule has 0 aliphatic rings. The maximum Gasteiger partial charge on any atom is 0.345 e. The number of nitrogens with zero attached hydrogens (tertiary/aromatic N) is 1. The van der Waals surface area contributed by atoms with E-state index in [1.807, 2.05) is 13.0 Å². The molecule has 0 aliphatic heterocycles. The summed E-state index contributed by atoms with van der Waals surface area (Å²) < 4.78 is 5.20. The molecule has 0 saturated carbocycles. The number of benzene rings is 1. The van der Waals surface area contributed by atoms with Gasteiger partial charge in [-0.25, -0.2) is 9.78 Å². The van der Waals surface area contributed by atoms with Crippen LogP contribution in [0.4, 0.5) is 0 Å². The highest BCUT2D eigenvalue weighted by atomic mass is 35.5. The Morgan fingerprint density at radius 1 is 1.22 bits per heavy atom. The van der Waals surface area contributed by atoms with Crippen LogP contribution in [0.3, 0.4) is 0 Å². The van der Waals surface area contributed by atoms with Crippen LogP contribution in [0, 0.1) is 6.92 Å². The average Bonchev–Trinajstić information content (AvgIpc) is 2.34. The number of carbonyl (C=O) groups is 1. The van der Waals surface area contributed by atoms with E-state index in [4.69, 9.17) is 27.9 Å². The monoisotopic (exact) mass is 281 g/mol. The fourth-order valence-electron chi connectivity index (χ4n) is 1.34. The number of rotatable bonds is 2. The molecule has 0 radical (unpaired) electrons. The minimum atomic E-state index is -0.522. The summed E-state index contributed by atoms with van der Waals surface area (Å²) in [5.41, 5.74) is 1.27. The lowest BCUT2D eigenvalue weighted by Crippen LogP contribution is -2.09. The van der Waals surface area contributed by atoms with Crippen LogP contribution in [0.15, 0.2) is 36.5 Å². The maximum absolute atomic E-state index is 11.8. The minimum Gasteiger partial charge on any atom is -0.421 e. The third kappa shape index (κ3) is 3.00. The van der Waals surface area contributed by atoms with Crippen LogP contribution in [-0.4, -0.2) is 11.0 Å². The predicted octanol–water partition coefficient (Wildman–Crippen LogP) is 3.92. The van der Waals surface area contributed by atoms with Gasteiger partial charge in [0.1, 0.15) is 10.9 Å². The highest BCUT2D eigenvalue weighted by Crippen LogP contribution is 2.26. The van der Waals surface area contributed by atoms with Gasteiger partial charge in [-0.2, -0.15) is 0 Å². The molecule has 5 heteroatoms. The number of aromatic nitrogens is 1. The van der Waals surface area contributed by atoms with Crippen molar-refractivity contribution >= 4 is 29.2 Å². The standard InChI is InChI=1S/C13H9Cl2NO2/c1-8-2-4-10(14)11(6-8)18-13(17)9-3-5-12(15)16-7-9/h2-7H,1H3. The molecule has 0 bridgehead atoms. The van der Waals surface area contributed by atoms with Crippen molar-refractivity contribution in [3.05, 3.63) is 57.8 Å². The lowest BCUT2D eigenvalue weighted by Gasteiger charge is -2.06. The topological polar surface area (TPSA) is 39.2 Å². The molecule has 92 valence electrons. The van der Waals surface area contributed by atoms with E-state index in [-0.39, 0.29) is 0 Å². The van der Waals surface area contributed by atoms with Gasteiger partial charge in [-0.3, -0.25) is 0 Å². The molecule has 0 unspecified atom stereocenters. The normalized spacial score (nSPS) is 10.2. The number of pyridine rings is 1. The number of hydrogen-bond acceptors (Lipinski definition) is 3. The zero-order valence-electron chi connectivity index (χ0n) is 9.48. The third-order valence-electron chi connectivity index (χ3n) is 2.25. The Morgan fingerprint density at radius 2 is 2.00 bits per heavy atom. The van der Waals surface area contributed by atoms with Gasteiger partial charge in [0.2, 0.25) is 0 Å². The van der Waals surface area contributed by atoms with Crippen LogP contribution in [0.25, 0.3) is 0 Å². The smallest absolute Gasteiger partial charge is 0.345 e. The van der Waals surface area contributed by atoms with Gasteiger partial charge in [-0.15, -0.1) is 0 Å². The van der Waals surface area contributed by atoms with E-state index in [2.05, 4.69) is 4.98 Å². The van der Waals surface area contributed by atoms with Gasteiger partial charge in [0.15, 0.2) is 0 Å². The van der Waals surface area contributed by atoms with Gasteiger partial charge < -0.3 is 4.74 Å². The summed E-state index contributed by atoms with van der Waals surface area (Å²) in [4.78, 5) is 15.6. The molecule has 0 saturated heterocycles. The van der Waals surface area contributed by atoms with Gasteiger partial charge >= 0.3 is 5.97 Å². The third-order valence-corrected chi connectivity index (χ3v) is 2.79. The molecule has 0 amide bonds. The number of hydrogen-bond donors (Lipinski definition) is 0. The van der Waals surface area contributed by atoms with Crippen molar-refractivity contribution in [3.8, 4) is 5.75 Å². The molecular weight excluding hydrogens is 273 g/mol. The molecule has 0 fully saturated rings. The minimum absolute atomic E-state index is 0.317. The van der Waals surface area contributed by atoms with Crippen LogP contribution >= 0.6 is 23.2 Å². The Balaban J connectivity index is 2.21. The van der Waals surface area contributed by atoms with Crippen LogP contribution in [-0.2, 0) is 0 Å². The summed E-state index contributed by atoms with van der Waals surface area (Å²) in [7, 11) is 0. The number of aryl methyl sites for hydroxylation is 1. The highest BCUT2D eigenvalue weighted by molar-refractivity contribution is 6.32. The molecule has 0 spiro atoms. The quantitative estimate of drug-likeness (QED) is 0.476. The number of esters is 1. The van der Waals surface area contributed by atoms with Crippen LogP contribution < -0.4 is 4.74 Å². The lowest BCUT2D eigenvalue weighted by atomic mass is 10.2. The highest BCUT2D eigenvalue weighted by Gasteiger charge is 2.11. The van der Waals surface area contributed by atoms with Crippen molar-refractivity contribution < 1.29 is 9.53 Å². The summed E-state index contributed by atoms with van der Waals surface area (Å²) in [6.45, 7) is 1.89. The zero-order chi connectivity index (χ0) is 13.1. The van der Waals surface area contributed by atoms with Crippen molar-refractivity contribution in [2.45, 2.75) is 6.92 Å². The van der Waals surface area contributed by atoms with E-state index >= 15 is 0 Å². The Bertz CT molecular complexity index is 582. The number of halogens is 2. The second-order valence-corrected chi connectivity index (χ2v) is 4.49. The van der Waals surface area contributed by atoms with Crippen molar-refractivity contribution in [1.29, 1.82) is 0 Å². The Kier molecular flexibility index (Phi) is 3.84. The predicted molar refractivity (Wildman–Crippen MR) is 70.4 cm³/mol. The fourth-order valence-corrected chi connectivity index (χ4v) is 1.61. The largest absolute Gasteiger partial charge is 0.421 e. The van der Waals surface area contributed by atoms with Gasteiger partial charge in [-0.05, 0) is 36.8 Å². The Labute approximate surface area is 114 Å². The van der Waals surface area contributed by atoms with Crippen molar-refractivity contribution in [2.24, 2.45) is 0 Å². The lowest BCUT2D eigenvalue weighted by molar-refractivity contribution is 0.0734. The van der Waals surface area contributed by atoms with E-state index in [0.717, 1.165) is 5.56 Å². The number of carbonyl (C=O) groups excluding carboxylic acids is 1. The molecule has 0 aliphatic carbocycles. The van der Waals surface area contributed by atoms with Crippen molar-refractivity contribution in [3.63, 3.8) is 0 Å². The molecule has 2 rings (SSSR count). The summed E-state index contributed by atoms with van der Waals surface area (Å²) in [5, 5.41) is 0.705. The van der Waals surface area contributed by atoms with Gasteiger partial charge in [0, 0.05) is 6.20 Å². The van der Waals surface area contributed by atoms with Gasteiger partial charge in [-0.1, -0.05) is 29.3 Å². The van der Waals surface area contributed by atoms with Crippen molar-refractivity contribution in [2.75, 3.05) is 0 Å². The van der Waals surface area contributed by atoms with E-state index < -0.39 is 5.97 Å². The van der Waals surface area contributed by atoms with E-state index in [9.17, 15) is 4.79 Å². The molecule has 2 aromatic rings. The molecule has 3 nitrogen and oxygen atoms in total. The van der Waals surface area contributed by atoms with E-state index in [1.54, 1.807) is 18.2 Å². The second-order valence-electron chi connectivity index (χ2n) is 3.69. The second kappa shape index (κ2) is 5.38. The summed E-state index contributed by atoms with van der Waals surface area (Å²) in [6.07, 6.45) is 1.36.